The van der Waals surface area contributed by atoms with Crippen LogP contribution in [0.5, 0.6) is 0 Å². The summed E-state index contributed by atoms with van der Waals surface area (Å²) < 4.78 is 4.44. The van der Waals surface area contributed by atoms with Crippen LogP contribution in [0.2, 0.25) is 0 Å². The molecule has 0 aromatic heterocycles. The quantitative estimate of drug-likeness (QED) is 0.231. The summed E-state index contributed by atoms with van der Waals surface area (Å²) in [5.74, 6) is -1.13. The maximum atomic E-state index is 11.1. The summed E-state index contributed by atoms with van der Waals surface area (Å²) in [4.78, 5) is 21.8. The van der Waals surface area contributed by atoms with Gasteiger partial charge < -0.3 is 4.74 Å². The molecule has 4 heteroatoms. The van der Waals surface area contributed by atoms with E-state index in [4.69, 9.17) is 0 Å². The molecule has 1 aliphatic rings. The molecule has 0 aromatic carbocycles. The molecule has 0 aromatic rings. The van der Waals surface area contributed by atoms with Crippen molar-refractivity contribution in [3.05, 3.63) is 12.2 Å². The number of unbranched alkanes of at least 4 members (excludes halogenated alkanes) is 4. The van der Waals surface area contributed by atoms with Crippen molar-refractivity contribution < 1.29 is 14.3 Å². The SMILES string of the molecule is CCCCCCC=CC1CC(=O)OC1=O.[SiH4]. The van der Waals surface area contributed by atoms with Gasteiger partial charge in [0.1, 0.15) is 0 Å². The standard InChI is InChI=1S/C12H18O3.H4Si/c1-2-3-4-5-6-7-8-10-9-11(13)15-12(10)14;/h7-8,10H,2-6,9H2,1H3;1H4. The van der Waals surface area contributed by atoms with Gasteiger partial charge in [-0.05, 0) is 23.8 Å². The Morgan fingerprint density at radius 2 is 2.06 bits per heavy atom. The Morgan fingerprint density at radius 1 is 1.31 bits per heavy atom. The van der Waals surface area contributed by atoms with Crippen molar-refractivity contribution in [1.29, 1.82) is 0 Å². The molecule has 3 nitrogen and oxygen atoms in total. The summed E-state index contributed by atoms with van der Waals surface area (Å²) in [6.45, 7) is 2.18. The molecule has 1 aliphatic heterocycles. The van der Waals surface area contributed by atoms with Gasteiger partial charge in [0.2, 0.25) is 0 Å². The van der Waals surface area contributed by atoms with Crippen molar-refractivity contribution in [1.82, 2.24) is 0 Å². The minimum Gasteiger partial charge on any atom is -0.393 e. The second-order valence-corrected chi connectivity index (χ2v) is 3.88. The number of hydrogen-bond donors (Lipinski definition) is 0. The van der Waals surface area contributed by atoms with Gasteiger partial charge in [-0.15, -0.1) is 0 Å². The fourth-order valence-electron chi connectivity index (χ4n) is 1.59. The van der Waals surface area contributed by atoms with Crippen LogP contribution >= 0.6 is 0 Å². The molecule has 0 saturated carbocycles. The van der Waals surface area contributed by atoms with Crippen LogP contribution in [0.25, 0.3) is 0 Å². The molecule has 92 valence electrons. The van der Waals surface area contributed by atoms with Crippen LogP contribution in [0.3, 0.4) is 0 Å². The topological polar surface area (TPSA) is 43.4 Å². The third-order valence-corrected chi connectivity index (χ3v) is 2.50. The summed E-state index contributed by atoms with van der Waals surface area (Å²) in [5.41, 5.74) is 0. The smallest absolute Gasteiger partial charge is 0.321 e. The second kappa shape index (κ2) is 8.27. The van der Waals surface area contributed by atoms with Crippen LogP contribution in [0.15, 0.2) is 12.2 Å². The van der Waals surface area contributed by atoms with E-state index in [2.05, 4.69) is 11.7 Å². The Morgan fingerprint density at radius 3 is 2.62 bits per heavy atom. The van der Waals surface area contributed by atoms with E-state index in [1.807, 2.05) is 6.08 Å². The Kier molecular flexibility index (Phi) is 7.81. The van der Waals surface area contributed by atoms with Crippen LogP contribution < -0.4 is 0 Å². The predicted octanol–water partition coefficient (Wildman–Crippen LogP) is 1.15. The molecule has 0 bridgehead atoms. The predicted molar refractivity (Wildman–Crippen MR) is 68.4 cm³/mol. The number of carbonyl (C=O) groups excluding carboxylic acids is 2. The molecule has 0 spiro atoms. The molecule has 1 fully saturated rings. The van der Waals surface area contributed by atoms with Crippen molar-refractivity contribution in [2.45, 2.75) is 45.4 Å². The van der Waals surface area contributed by atoms with E-state index in [0.29, 0.717) is 0 Å². The third-order valence-electron chi connectivity index (χ3n) is 2.50. The number of ether oxygens (including phenoxy) is 1. The lowest BCUT2D eigenvalue weighted by Gasteiger charge is -1.96. The van der Waals surface area contributed by atoms with Crippen molar-refractivity contribution >= 4 is 22.9 Å². The molecule has 1 atom stereocenters. The molecular weight excluding hydrogens is 220 g/mol. The molecule has 16 heavy (non-hydrogen) atoms. The molecule has 1 unspecified atom stereocenters. The fraction of sp³-hybridized carbons (Fsp3) is 0.667. The lowest BCUT2D eigenvalue weighted by molar-refractivity contribution is -0.152. The average Bonchev–Trinajstić information content (AvgIpc) is 2.51. The summed E-state index contributed by atoms with van der Waals surface area (Å²) in [6.07, 6.45) is 9.86. The van der Waals surface area contributed by atoms with Gasteiger partial charge in [0.25, 0.3) is 0 Å². The molecule has 1 saturated heterocycles. The van der Waals surface area contributed by atoms with Gasteiger partial charge >= 0.3 is 11.9 Å². The second-order valence-electron chi connectivity index (χ2n) is 3.88. The monoisotopic (exact) mass is 242 g/mol. The summed E-state index contributed by atoms with van der Waals surface area (Å²) in [6, 6.07) is 0. The Bertz CT molecular complexity index is 261. The third kappa shape index (κ3) is 5.26. The fourth-order valence-corrected chi connectivity index (χ4v) is 1.59. The first-order valence-corrected chi connectivity index (χ1v) is 5.65. The van der Waals surface area contributed by atoms with E-state index < -0.39 is 11.9 Å². The molecule has 1 heterocycles. The first-order chi connectivity index (χ1) is 7.24. The maximum Gasteiger partial charge on any atom is 0.321 e. The minimum atomic E-state index is -0.402. The van der Waals surface area contributed by atoms with Crippen LogP contribution in [0, 0.1) is 5.92 Å². The highest BCUT2D eigenvalue weighted by Crippen LogP contribution is 2.17. The van der Waals surface area contributed by atoms with Gasteiger partial charge in [-0.1, -0.05) is 38.3 Å². The van der Waals surface area contributed by atoms with Crippen molar-refractivity contribution in [2.75, 3.05) is 0 Å². The largest absolute Gasteiger partial charge is 0.393 e. The van der Waals surface area contributed by atoms with Crippen LogP contribution in [0.1, 0.15) is 45.4 Å². The summed E-state index contributed by atoms with van der Waals surface area (Å²) in [7, 11) is 0. The number of esters is 2. The zero-order chi connectivity index (χ0) is 11.1. The first-order valence-electron chi connectivity index (χ1n) is 5.65. The van der Waals surface area contributed by atoms with E-state index >= 15 is 0 Å². The number of allylic oxidation sites excluding steroid dienone is 1. The van der Waals surface area contributed by atoms with Crippen LogP contribution in [-0.4, -0.2) is 22.9 Å². The number of cyclic esters (lactones) is 2. The maximum absolute atomic E-state index is 11.1. The van der Waals surface area contributed by atoms with Crippen LogP contribution in [-0.2, 0) is 14.3 Å². The highest BCUT2D eigenvalue weighted by Gasteiger charge is 2.30. The van der Waals surface area contributed by atoms with Crippen molar-refractivity contribution in [3.8, 4) is 0 Å². The first kappa shape index (κ1) is 15.1. The summed E-state index contributed by atoms with van der Waals surface area (Å²) >= 11 is 0. The highest BCUT2D eigenvalue weighted by atomic mass is 28.1. The summed E-state index contributed by atoms with van der Waals surface area (Å²) in [5, 5.41) is 0. The average molecular weight is 242 g/mol. The van der Waals surface area contributed by atoms with Gasteiger partial charge in [-0.25, -0.2) is 0 Å². The van der Waals surface area contributed by atoms with E-state index in [1.165, 1.54) is 19.3 Å². The zero-order valence-corrected chi connectivity index (χ0v) is 9.20. The Hall–Kier alpha value is -0.903. The zero-order valence-electron chi connectivity index (χ0n) is 9.20. The number of hydrogen-bond acceptors (Lipinski definition) is 3. The van der Waals surface area contributed by atoms with Gasteiger partial charge in [0.15, 0.2) is 0 Å². The van der Waals surface area contributed by atoms with E-state index in [1.54, 1.807) is 6.08 Å². The Labute approximate surface area is 101 Å². The Balaban J connectivity index is 0.00000225. The normalized spacial score (nSPS) is 19.9. The molecule has 0 aliphatic carbocycles. The number of carbonyl (C=O) groups is 2. The van der Waals surface area contributed by atoms with E-state index in [0.717, 1.165) is 12.8 Å². The van der Waals surface area contributed by atoms with Gasteiger partial charge in [-0.2, -0.15) is 0 Å². The van der Waals surface area contributed by atoms with Gasteiger partial charge in [-0.3, -0.25) is 9.59 Å². The minimum absolute atomic E-state index is 0. The number of rotatable bonds is 6. The molecule has 0 N–H and O–H groups in total. The molecular formula is C12H22O3Si. The lowest BCUT2D eigenvalue weighted by atomic mass is 10.1. The molecule has 0 radical (unpaired) electrons. The molecule has 1 rings (SSSR count). The lowest BCUT2D eigenvalue weighted by Crippen LogP contribution is -2.03. The van der Waals surface area contributed by atoms with Crippen molar-refractivity contribution in [2.24, 2.45) is 5.92 Å². The van der Waals surface area contributed by atoms with Gasteiger partial charge in [0, 0.05) is 0 Å². The van der Waals surface area contributed by atoms with E-state index in [9.17, 15) is 9.59 Å². The molecule has 0 amide bonds. The highest BCUT2D eigenvalue weighted by molar-refractivity contribution is 5.95. The van der Waals surface area contributed by atoms with Crippen LogP contribution in [0.4, 0.5) is 0 Å². The van der Waals surface area contributed by atoms with Gasteiger partial charge in [0.05, 0.1) is 12.3 Å². The van der Waals surface area contributed by atoms with E-state index in [-0.39, 0.29) is 23.3 Å². The van der Waals surface area contributed by atoms with Crippen molar-refractivity contribution in [3.63, 3.8) is 0 Å².